The second kappa shape index (κ2) is 5.99. The summed E-state index contributed by atoms with van der Waals surface area (Å²) in [5, 5.41) is 12.9. The summed E-state index contributed by atoms with van der Waals surface area (Å²) in [7, 11) is 1.60. The van der Waals surface area contributed by atoms with Gasteiger partial charge in [0.25, 0.3) is 0 Å². The second-order valence-electron chi connectivity index (χ2n) is 4.38. The topological polar surface area (TPSA) is 68.1 Å². The van der Waals surface area contributed by atoms with E-state index in [0.29, 0.717) is 10.8 Å². The fourth-order valence-corrected chi connectivity index (χ4v) is 2.77. The van der Waals surface area contributed by atoms with Gasteiger partial charge in [-0.15, -0.1) is 11.3 Å². The number of aliphatic hydroxyl groups excluding tert-OH is 1. The van der Waals surface area contributed by atoms with Crippen LogP contribution in [0.25, 0.3) is 11.3 Å². The molecular weight excluding hydrogens is 286 g/mol. The van der Waals surface area contributed by atoms with Crippen LogP contribution in [-0.4, -0.2) is 27.2 Å². The summed E-state index contributed by atoms with van der Waals surface area (Å²) in [6, 6.07) is 7.33. The van der Waals surface area contributed by atoms with Gasteiger partial charge in [0.1, 0.15) is 23.2 Å². The maximum Gasteiger partial charge on any atom is 0.131 e. The number of thiazole rings is 1. The lowest BCUT2D eigenvalue weighted by Gasteiger charge is -2.09. The summed E-state index contributed by atoms with van der Waals surface area (Å²) in [4.78, 5) is 12.4. The molecule has 0 fully saturated rings. The van der Waals surface area contributed by atoms with E-state index in [1.54, 1.807) is 25.6 Å². The number of hydrogen-bond donors (Lipinski definition) is 1. The largest absolute Gasteiger partial charge is 0.497 e. The Labute approximate surface area is 125 Å². The van der Waals surface area contributed by atoms with E-state index in [-0.39, 0.29) is 0 Å². The standard InChI is InChI=1S/C15H13N3O2S/c1-20-12-4-2-3-10(5-12)14(19)15-18-13(8-21-15)11-6-16-9-17-7-11/h2-9,14,19H,1H3. The normalized spacial score (nSPS) is 12.1. The lowest BCUT2D eigenvalue weighted by atomic mass is 10.1. The van der Waals surface area contributed by atoms with E-state index >= 15 is 0 Å². The van der Waals surface area contributed by atoms with Gasteiger partial charge in [-0.3, -0.25) is 0 Å². The van der Waals surface area contributed by atoms with Crippen molar-refractivity contribution in [2.24, 2.45) is 0 Å². The number of rotatable bonds is 4. The molecule has 5 nitrogen and oxygen atoms in total. The van der Waals surface area contributed by atoms with Gasteiger partial charge in [-0.1, -0.05) is 12.1 Å². The van der Waals surface area contributed by atoms with E-state index in [1.807, 2.05) is 23.6 Å². The highest BCUT2D eigenvalue weighted by Gasteiger charge is 2.16. The second-order valence-corrected chi connectivity index (χ2v) is 5.27. The van der Waals surface area contributed by atoms with Gasteiger partial charge in [-0.25, -0.2) is 15.0 Å². The van der Waals surface area contributed by atoms with Crippen molar-refractivity contribution in [3.05, 3.63) is 58.9 Å². The van der Waals surface area contributed by atoms with Crippen molar-refractivity contribution in [2.45, 2.75) is 6.10 Å². The Morgan fingerprint density at radius 2 is 2.05 bits per heavy atom. The first-order valence-electron chi connectivity index (χ1n) is 6.31. The first-order valence-corrected chi connectivity index (χ1v) is 7.18. The van der Waals surface area contributed by atoms with Gasteiger partial charge >= 0.3 is 0 Å². The van der Waals surface area contributed by atoms with Crippen molar-refractivity contribution < 1.29 is 9.84 Å². The molecule has 2 heterocycles. The summed E-state index contributed by atoms with van der Waals surface area (Å²) in [5.41, 5.74) is 2.34. The number of methoxy groups -OCH3 is 1. The molecule has 0 radical (unpaired) electrons. The lowest BCUT2D eigenvalue weighted by Crippen LogP contribution is -1.99. The Kier molecular flexibility index (Phi) is 3.89. The van der Waals surface area contributed by atoms with E-state index in [2.05, 4.69) is 15.0 Å². The highest BCUT2D eigenvalue weighted by molar-refractivity contribution is 7.10. The van der Waals surface area contributed by atoms with E-state index in [4.69, 9.17) is 4.74 Å². The molecule has 21 heavy (non-hydrogen) atoms. The van der Waals surface area contributed by atoms with Gasteiger partial charge in [-0.05, 0) is 17.7 Å². The monoisotopic (exact) mass is 299 g/mol. The molecule has 0 aliphatic rings. The van der Waals surface area contributed by atoms with Crippen molar-refractivity contribution >= 4 is 11.3 Å². The van der Waals surface area contributed by atoms with Crippen molar-refractivity contribution in [3.8, 4) is 17.0 Å². The summed E-state index contributed by atoms with van der Waals surface area (Å²) < 4.78 is 5.17. The van der Waals surface area contributed by atoms with Crippen molar-refractivity contribution in [1.82, 2.24) is 15.0 Å². The van der Waals surface area contributed by atoms with Crippen LogP contribution in [0, 0.1) is 0 Å². The minimum absolute atomic E-state index is 0.627. The van der Waals surface area contributed by atoms with Gasteiger partial charge in [0, 0.05) is 23.3 Å². The van der Waals surface area contributed by atoms with Crippen LogP contribution < -0.4 is 4.74 Å². The summed E-state index contributed by atoms with van der Waals surface area (Å²) >= 11 is 1.40. The van der Waals surface area contributed by atoms with Crippen LogP contribution in [0.5, 0.6) is 5.75 Å². The zero-order valence-corrected chi connectivity index (χ0v) is 12.1. The van der Waals surface area contributed by atoms with Gasteiger partial charge in [-0.2, -0.15) is 0 Å². The van der Waals surface area contributed by atoms with Gasteiger partial charge < -0.3 is 9.84 Å². The van der Waals surface area contributed by atoms with Crippen LogP contribution >= 0.6 is 11.3 Å². The van der Waals surface area contributed by atoms with E-state index < -0.39 is 6.10 Å². The molecule has 1 unspecified atom stereocenters. The Balaban J connectivity index is 1.88. The number of benzene rings is 1. The molecule has 0 saturated heterocycles. The molecule has 0 saturated carbocycles. The van der Waals surface area contributed by atoms with Crippen molar-refractivity contribution in [2.75, 3.05) is 7.11 Å². The SMILES string of the molecule is COc1cccc(C(O)c2nc(-c3cncnc3)cs2)c1. The minimum Gasteiger partial charge on any atom is -0.497 e. The van der Waals surface area contributed by atoms with Gasteiger partial charge in [0.15, 0.2) is 0 Å². The van der Waals surface area contributed by atoms with Crippen LogP contribution in [-0.2, 0) is 0 Å². The van der Waals surface area contributed by atoms with Crippen LogP contribution in [0.4, 0.5) is 0 Å². The Hall–Kier alpha value is -2.31. The van der Waals surface area contributed by atoms with Crippen LogP contribution in [0.2, 0.25) is 0 Å². The van der Waals surface area contributed by atoms with E-state index in [0.717, 1.165) is 16.8 Å². The Morgan fingerprint density at radius 1 is 1.24 bits per heavy atom. The van der Waals surface area contributed by atoms with Crippen LogP contribution in [0.1, 0.15) is 16.7 Å². The van der Waals surface area contributed by atoms with Crippen molar-refractivity contribution in [3.63, 3.8) is 0 Å². The summed E-state index contributed by atoms with van der Waals surface area (Å²) in [6.07, 6.45) is 4.10. The first-order chi connectivity index (χ1) is 10.3. The van der Waals surface area contributed by atoms with Crippen LogP contribution in [0.3, 0.4) is 0 Å². The maximum absolute atomic E-state index is 10.4. The zero-order chi connectivity index (χ0) is 14.7. The zero-order valence-electron chi connectivity index (χ0n) is 11.3. The predicted molar refractivity (Wildman–Crippen MR) is 80.2 cm³/mol. The number of nitrogens with zero attached hydrogens (tertiary/aromatic N) is 3. The molecule has 106 valence electrons. The Bertz CT molecular complexity index is 731. The molecule has 0 aliphatic carbocycles. The molecule has 0 bridgehead atoms. The number of hydrogen-bond acceptors (Lipinski definition) is 6. The van der Waals surface area contributed by atoms with Crippen molar-refractivity contribution in [1.29, 1.82) is 0 Å². The fraction of sp³-hybridized carbons (Fsp3) is 0.133. The maximum atomic E-state index is 10.4. The van der Waals surface area contributed by atoms with E-state index in [1.165, 1.54) is 17.7 Å². The Morgan fingerprint density at radius 3 is 2.81 bits per heavy atom. The minimum atomic E-state index is -0.775. The third-order valence-corrected chi connectivity index (χ3v) is 3.92. The van der Waals surface area contributed by atoms with Gasteiger partial charge in [0.05, 0.1) is 12.8 Å². The van der Waals surface area contributed by atoms with E-state index in [9.17, 15) is 5.11 Å². The third-order valence-electron chi connectivity index (χ3n) is 3.02. The lowest BCUT2D eigenvalue weighted by molar-refractivity contribution is 0.219. The van der Waals surface area contributed by atoms with Crippen LogP contribution in [0.15, 0.2) is 48.4 Å². The highest BCUT2D eigenvalue weighted by Crippen LogP contribution is 2.29. The fourth-order valence-electron chi connectivity index (χ4n) is 1.93. The summed E-state index contributed by atoms with van der Waals surface area (Å²) in [5.74, 6) is 0.708. The highest BCUT2D eigenvalue weighted by atomic mass is 32.1. The molecule has 2 aromatic heterocycles. The smallest absolute Gasteiger partial charge is 0.131 e. The molecule has 0 amide bonds. The molecule has 1 N–H and O–H groups in total. The molecule has 6 heteroatoms. The molecule has 3 rings (SSSR count). The quantitative estimate of drug-likeness (QED) is 0.802. The number of aliphatic hydroxyl groups is 1. The third kappa shape index (κ3) is 2.91. The molecule has 0 aliphatic heterocycles. The molecule has 1 aromatic carbocycles. The summed E-state index contributed by atoms with van der Waals surface area (Å²) in [6.45, 7) is 0. The molecule has 3 aromatic rings. The molecule has 1 atom stereocenters. The number of aromatic nitrogens is 3. The first kappa shape index (κ1) is 13.7. The average molecular weight is 299 g/mol. The average Bonchev–Trinajstić information content (AvgIpc) is 3.05. The number of ether oxygens (including phenoxy) is 1. The molecule has 0 spiro atoms. The predicted octanol–water partition coefficient (Wildman–Crippen LogP) is 2.69. The van der Waals surface area contributed by atoms with Gasteiger partial charge in [0.2, 0.25) is 0 Å². The molecular formula is C15H13N3O2S.